The van der Waals surface area contributed by atoms with E-state index in [0.29, 0.717) is 11.1 Å². The monoisotopic (exact) mass is 418 g/mol. The highest BCUT2D eigenvalue weighted by molar-refractivity contribution is 5.73. The number of hydrogen-bond acceptors (Lipinski definition) is 3. The van der Waals surface area contributed by atoms with Gasteiger partial charge in [0.05, 0.1) is 0 Å². The van der Waals surface area contributed by atoms with Crippen molar-refractivity contribution in [3.8, 4) is 11.5 Å². The summed E-state index contributed by atoms with van der Waals surface area (Å²) in [5.74, 6) is -0.0751. The fraction of sp³-hybridized carbons (Fsp3) is 0.316. The van der Waals surface area contributed by atoms with Gasteiger partial charge in [-0.3, -0.25) is 0 Å². The summed E-state index contributed by atoms with van der Waals surface area (Å²) in [5.41, 5.74) is 1.27. The number of hydrogen-bond donors (Lipinski definition) is 1. The molecular weight excluding hydrogens is 399 g/mol. The van der Waals surface area contributed by atoms with E-state index in [-0.39, 0.29) is 24.6 Å². The number of nitrogens with zero attached hydrogens (tertiary/aromatic N) is 1. The van der Waals surface area contributed by atoms with Crippen molar-refractivity contribution in [3.05, 3.63) is 59.7 Å². The number of carbonyl (C=O) groups is 1. The van der Waals surface area contributed by atoms with Crippen LogP contribution in [-0.4, -0.2) is 37.4 Å². The Labute approximate surface area is 164 Å². The highest BCUT2D eigenvalue weighted by atomic mass is 19.4. The first-order valence-electron chi connectivity index (χ1n) is 8.46. The van der Waals surface area contributed by atoms with Gasteiger partial charge in [-0.2, -0.15) is 0 Å². The predicted octanol–water partition coefficient (Wildman–Crippen LogP) is 4.57. The van der Waals surface area contributed by atoms with Gasteiger partial charge in [0.25, 0.3) is 6.43 Å². The Morgan fingerprint density at radius 3 is 2.38 bits per heavy atom. The highest BCUT2D eigenvalue weighted by Gasteiger charge is 2.30. The first-order valence-corrected chi connectivity index (χ1v) is 8.46. The van der Waals surface area contributed by atoms with E-state index in [2.05, 4.69) is 10.1 Å². The van der Waals surface area contributed by atoms with Gasteiger partial charge in [0, 0.05) is 20.1 Å². The molecule has 0 aliphatic carbocycles. The van der Waals surface area contributed by atoms with Crippen LogP contribution < -0.4 is 14.8 Å². The molecule has 29 heavy (non-hydrogen) atoms. The molecule has 2 rings (SSSR count). The molecule has 0 unspecified atom stereocenters. The van der Waals surface area contributed by atoms with Crippen LogP contribution in [0.15, 0.2) is 48.5 Å². The molecule has 0 radical (unpaired) electrons. The predicted molar refractivity (Wildman–Crippen MR) is 94.8 cm³/mol. The van der Waals surface area contributed by atoms with Crippen molar-refractivity contribution in [2.45, 2.75) is 25.9 Å². The van der Waals surface area contributed by atoms with Gasteiger partial charge in [0.1, 0.15) is 18.1 Å². The van der Waals surface area contributed by atoms with Gasteiger partial charge < -0.3 is 19.7 Å². The standard InChI is InChI=1S/C19H19F5N2O3/c1-26(11-13-5-7-15(8-6-13)29-19(22,23)24)18(27)25-10-14-3-2-4-16(9-14)28-12-17(20)21/h2-9,17H,10-12H2,1H3,(H,25,27). The Bertz CT molecular complexity index is 797. The lowest BCUT2D eigenvalue weighted by atomic mass is 10.2. The number of nitrogens with one attached hydrogen (secondary N) is 1. The van der Waals surface area contributed by atoms with Gasteiger partial charge in [-0.1, -0.05) is 24.3 Å². The molecule has 0 atom stereocenters. The van der Waals surface area contributed by atoms with Crippen LogP contribution in [0.5, 0.6) is 11.5 Å². The third kappa shape index (κ3) is 8.24. The maximum absolute atomic E-state index is 12.2. The summed E-state index contributed by atoms with van der Waals surface area (Å²) in [6.45, 7) is -0.408. The number of rotatable bonds is 8. The van der Waals surface area contributed by atoms with Crippen LogP contribution in [0.3, 0.4) is 0 Å². The summed E-state index contributed by atoms with van der Waals surface area (Å²) in [6.07, 6.45) is -7.35. The van der Waals surface area contributed by atoms with Crippen LogP contribution in [0, 0.1) is 0 Å². The summed E-state index contributed by atoms with van der Waals surface area (Å²) in [5, 5.41) is 2.66. The van der Waals surface area contributed by atoms with E-state index in [4.69, 9.17) is 4.74 Å². The molecule has 0 saturated heterocycles. The Kier molecular flexibility index (Phi) is 7.63. The average molecular weight is 418 g/mol. The number of urea groups is 1. The molecule has 0 aliphatic rings. The van der Waals surface area contributed by atoms with E-state index in [0.717, 1.165) is 0 Å². The lowest BCUT2D eigenvalue weighted by Crippen LogP contribution is -2.36. The van der Waals surface area contributed by atoms with Crippen LogP contribution in [0.25, 0.3) is 0 Å². The SMILES string of the molecule is CN(Cc1ccc(OC(F)(F)F)cc1)C(=O)NCc1cccc(OCC(F)F)c1. The molecular formula is C19H19F5N2O3. The van der Waals surface area contributed by atoms with Crippen LogP contribution >= 0.6 is 0 Å². The summed E-state index contributed by atoms with van der Waals surface area (Å²) in [6, 6.07) is 11.2. The van der Waals surface area contributed by atoms with Crippen molar-refractivity contribution >= 4 is 6.03 Å². The topological polar surface area (TPSA) is 50.8 Å². The second kappa shape index (κ2) is 9.94. The minimum Gasteiger partial charge on any atom is -0.488 e. The van der Waals surface area contributed by atoms with E-state index >= 15 is 0 Å². The summed E-state index contributed by atoms with van der Waals surface area (Å²) in [4.78, 5) is 13.5. The molecule has 10 heteroatoms. The van der Waals surface area contributed by atoms with E-state index in [1.807, 2.05) is 0 Å². The van der Waals surface area contributed by atoms with Crippen LogP contribution in [0.1, 0.15) is 11.1 Å². The number of carbonyl (C=O) groups excluding carboxylic acids is 1. The number of ether oxygens (including phenoxy) is 2. The summed E-state index contributed by atoms with van der Waals surface area (Å²) < 4.78 is 69.6. The Morgan fingerprint density at radius 1 is 1.07 bits per heavy atom. The van der Waals surface area contributed by atoms with Crippen molar-refractivity contribution < 1.29 is 36.2 Å². The Hall–Kier alpha value is -3.04. The van der Waals surface area contributed by atoms with E-state index in [1.54, 1.807) is 18.2 Å². The van der Waals surface area contributed by atoms with Gasteiger partial charge >= 0.3 is 12.4 Å². The summed E-state index contributed by atoms with van der Waals surface area (Å²) in [7, 11) is 1.53. The van der Waals surface area contributed by atoms with Gasteiger partial charge in [-0.15, -0.1) is 13.2 Å². The molecule has 158 valence electrons. The first-order chi connectivity index (χ1) is 13.6. The Morgan fingerprint density at radius 2 is 1.76 bits per heavy atom. The van der Waals surface area contributed by atoms with Crippen molar-refractivity contribution in [1.29, 1.82) is 0 Å². The van der Waals surface area contributed by atoms with Crippen LogP contribution in [-0.2, 0) is 13.1 Å². The maximum Gasteiger partial charge on any atom is 0.573 e. The van der Waals surface area contributed by atoms with Gasteiger partial charge in [0.15, 0.2) is 0 Å². The van der Waals surface area contributed by atoms with Crippen molar-refractivity contribution in [2.75, 3.05) is 13.7 Å². The van der Waals surface area contributed by atoms with Crippen molar-refractivity contribution in [1.82, 2.24) is 10.2 Å². The minimum atomic E-state index is -4.76. The molecule has 0 bridgehead atoms. The molecule has 0 saturated carbocycles. The second-order valence-electron chi connectivity index (χ2n) is 6.06. The zero-order valence-corrected chi connectivity index (χ0v) is 15.4. The first kappa shape index (κ1) is 22.3. The molecule has 2 aromatic rings. The molecule has 0 fully saturated rings. The number of benzene rings is 2. The fourth-order valence-electron chi connectivity index (χ4n) is 2.36. The molecule has 0 aliphatic heterocycles. The normalized spacial score (nSPS) is 11.3. The largest absolute Gasteiger partial charge is 0.573 e. The molecule has 0 spiro atoms. The molecule has 1 N–H and O–H groups in total. The molecule has 2 amide bonds. The van der Waals surface area contributed by atoms with Gasteiger partial charge in [0.2, 0.25) is 0 Å². The maximum atomic E-state index is 12.2. The third-order valence-electron chi connectivity index (χ3n) is 3.64. The molecule has 0 aromatic heterocycles. The van der Waals surface area contributed by atoms with E-state index in [9.17, 15) is 26.7 Å². The zero-order chi connectivity index (χ0) is 21.4. The van der Waals surface area contributed by atoms with Gasteiger partial charge in [-0.05, 0) is 35.4 Å². The molecule has 0 heterocycles. The van der Waals surface area contributed by atoms with Crippen LogP contribution in [0.2, 0.25) is 0 Å². The number of halogens is 5. The average Bonchev–Trinajstić information content (AvgIpc) is 2.65. The lowest BCUT2D eigenvalue weighted by molar-refractivity contribution is -0.274. The minimum absolute atomic E-state index is 0.146. The van der Waals surface area contributed by atoms with Crippen molar-refractivity contribution in [2.24, 2.45) is 0 Å². The number of amides is 2. The second-order valence-corrected chi connectivity index (χ2v) is 6.06. The van der Waals surface area contributed by atoms with Crippen LogP contribution in [0.4, 0.5) is 26.7 Å². The zero-order valence-electron chi connectivity index (χ0n) is 15.4. The molecule has 5 nitrogen and oxygen atoms in total. The Balaban J connectivity index is 1.84. The summed E-state index contributed by atoms with van der Waals surface area (Å²) >= 11 is 0. The lowest BCUT2D eigenvalue weighted by Gasteiger charge is -2.18. The fourth-order valence-corrected chi connectivity index (χ4v) is 2.36. The number of alkyl halides is 5. The van der Waals surface area contributed by atoms with Crippen molar-refractivity contribution in [3.63, 3.8) is 0 Å². The third-order valence-corrected chi connectivity index (χ3v) is 3.64. The van der Waals surface area contributed by atoms with E-state index in [1.165, 1.54) is 42.3 Å². The molecule has 2 aromatic carbocycles. The van der Waals surface area contributed by atoms with Gasteiger partial charge in [-0.25, -0.2) is 13.6 Å². The quantitative estimate of drug-likeness (QED) is 0.639. The van der Waals surface area contributed by atoms with E-state index < -0.39 is 25.4 Å². The smallest absolute Gasteiger partial charge is 0.488 e. The highest BCUT2D eigenvalue weighted by Crippen LogP contribution is 2.23.